The number of hydrogen-bond donors (Lipinski definition) is 4. The van der Waals surface area contributed by atoms with E-state index < -0.39 is 40.7 Å². The second kappa shape index (κ2) is 12.6. The second-order valence-electron chi connectivity index (χ2n) is 13.5. The van der Waals surface area contributed by atoms with Crippen molar-refractivity contribution in [2.75, 3.05) is 12.4 Å². The number of carbonyl (C=O) groups excluding carboxylic acids is 4. The number of pyridine rings is 1. The lowest BCUT2D eigenvalue weighted by Gasteiger charge is -2.52. The van der Waals surface area contributed by atoms with Crippen molar-refractivity contribution in [2.45, 2.75) is 83.9 Å². The highest BCUT2D eigenvalue weighted by molar-refractivity contribution is 6.36. The number of benzene rings is 1. The number of aliphatic hydroxyl groups is 1. The first-order chi connectivity index (χ1) is 21.3. The highest BCUT2D eigenvalue weighted by Gasteiger charge is 2.49. The molecule has 240 valence electrons. The molecule has 2 fully saturated rings. The Labute approximate surface area is 261 Å². The summed E-state index contributed by atoms with van der Waals surface area (Å²) in [5, 5.41) is 19.6. The fourth-order valence-corrected chi connectivity index (χ4v) is 7.79. The predicted molar refractivity (Wildman–Crippen MR) is 169 cm³/mol. The van der Waals surface area contributed by atoms with Gasteiger partial charge in [-0.3, -0.25) is 24.0 Å². The Balaban J connectivity index is 1.34. The maximum Gasteiger partial charge on any atom is 0.287 e. The minimum Gasteiger partial charge on any atom is -0.451 e. The minimum absolute atomic E-state index is 0.0197. The van der Waals surface area contributed by atoms with Crippen LogP contribution in [-0.4, -0.2) is 51.9 Å². The molecular weight excluding hydrogens is 576 g/mol. The maximum atomic E-state index is 13.6. The van der Waals surface area contributed by atoms with Crippen LogP contribution in [0.4, 0.5) is 5.69 Å². The van der Waals surface area contributed by atoms with E-state index in [1.54, 1.807) is 35.9 Å². The first-order valence-corrected chi connectivity index (χ1v) is 15.6. The Bertz CT molecular complexity index is 1690. The SMILES string of the molecule is CNC(=O)C(=O)CC[C@H](NC(=O)c1oc2ccccc2c1C)C(=O)Nc1cccn(CC2(C)CC3CC(C)CC(O)(C3)C2)c1=O. The number of amides is 3. The average molecular weight is 619 g/mol. The number of hydrogen-bond acceptors (Lipinski definition) is 7. The van der Waals surface area contributed by atoms with Gasteiger partial charge in [0.15, 0.2) is 5.76 Å². The highest BCUT2D eigenvalue weighted by Crippen LogP contribution is 2.52. The van der Waals surface area contributed by atoms with E-state index in [2.05, 4.69) is 29.8 Å². The molecule has 4 N–H and O–H groups in total. The molecule has 0 saturated heterocycles. The van der Waals surface area contributed by atoms with Crippen molar-refractivity contribution in [2.24, 2.45) is 17.3 Å². The molecule has 11 heteroatoms. The number of aromatic nitrogens is 1. The number of ketones is 1. The van der Waals surface area contributed by atoms with Crippen LogP contribution < -0.4 is 21.5 Å². The molecule has 1 aromatic carbocycles. The van der Waals surface area contributed by atoms with Gasteiger partial charge in [0.2, 0.25) is 11.7 Å². The molecule has 3 amide bonds. The minimum atomic E-state index is -1.25. The molecule has 0 aliphatic heterocycles. The molecule has 3 aromatic rings. The number of nitrogens with one attached hydrogen (secondary N) is 3. The van der Waals surface area contributed by atoms with Gasteiger partial charge in [0.05, 0.1) is 5.60 Å². The van der Waals surface area contributed by atoms with E-state index in [-0.39, 0.29) is 29.7 Å². The number of Topliss-reactive ketones (excluding diaryl/α,β-unsaturated/α-hetero) is 1. The number of anilines is 1. The van der Waals surface area contributed by atoms with Crippen molar-refractivity contribution in [1.82, 2.24) is 15.2 Å². The number of para-hydroxylation sites is 1. The van der Waals surface area contributed by atoms with Crippen molar-refractivity contribution < 1.29 is 28.7 Å². The van der Waals surface area contributed by atoms with E-state index in [0.717, 1.165) is 31.1 Å². The van der Waals surface area contributed by atoms with Crippen LogP contribution in [0.1, 0.15) is 74.9 Å². The van der Waals surface area contributed by atoms with Gasteiger partial charge in [0, 0.05) is 37.2 Å². The Morgan fingerprint density at radius 2 is 1.87 bits per heavy atom. The van der Waals surface area contributed by atoms with Gasteiger partial charge in [-0.25, -0.2) is 0 Å². The van der Waals surface area contributed by atoms with Gasteiger partial charge in [-0.2, -0.15) is 0 Å². The largest absolute Gasteiger partial charge is 0.451 e. The lowest BCUT2D eigenvalue weighted by atomic mass is 9.57. The van der Waals surface area contributed by atoms with Gasteiger partial charge >= 0.3 is 0 Å². The van der Waals surface area contributed by atoms with Crippen LogP contribution >= 0.6 is 0 Å². The van der Waals surface area contributed by atoms with Crippen LogP contribution in [0.3, 0.4) is 0 Å². The summed E-state index contributed by atoms with van der Waals surface area (Å²) in [6.45, 7) is 6.40. The number of furan rings is 1. The van der Waals surface area contributed by atoms with Gasteiger partial charge < -0.3 is 30.0 Å². The number of nitrogens with zero attached hydrogens (tertiary/aromatic N) is 1. The molecule has 2 bridgehead atoms. The number of carbonyl (C=O) groups is 4. The summed E-state index contributed by atoms with van der Waals surface area (Å²) in [6.07, 6.45) is 5.29. The lowest BCUT2D eigenvalue weighted by molar-refractivity contribution is -0.137. The summed E-state index contributed by atoms with van der Waals surface area (Å²) in [4.78, 5) is 64.5. The molecular formula is C34H42N4O7. The fourth-order valence-electron chi connectivity index (χ4n) is 7.79. The van der Waals surface area contributed by atoms with Crippen LogP contribution in [0.25, 0.3) is 11.0 Å². The van der Waals surface area contributed by atoms with Crippen molar-refractivity contribution in [1.29, 1.82) is 0 Å². The molecule has 2 aromatic heterocycles. The third kappa shape index (κ3) is 7.03. The molecule has 11 nitrogen and oxygen atoms in total. The zero-order valence-corrected chi connectivity index (χ0v) is 26.3. The fraction of sp³-hybridized carbons (Fsp3) is 0.500. The van der Waals surface area contributed by atoms with Gasteiger partial charge in [0.25, 0.3) is 17.4 Å². The molecule has 4 unspecified atom stereocenters. The summed E-state index contributed by atoms with van der Waals surface area (Å²) in [5.74, 6) is -2.03. The topological polar surface area (TPSA) is 160 Å². The Hall–Kier alpha value is -4.25. The Kier molecular flexibility index (Phi) is 9.02. The average Bonchev–Trinajstić information content (AvgIpc) is 3.31. The van der Waals surface area contributed by atoms with E-state index in [1.165, 1.54) is 13.1 Å². The van der Waals surface area contributed by atoms with E-state index in [1.807, 2.05) is 12.1 Å². The van der Waals surface area contributed by atoms with Crippen LogP contribution in [0.15, 0.2) is 51.8 Å². The molecule has 5 atom stereocenters. The molecule has 2 heterocycles. The van der Waals surface area contributed by atoms with Crippen LogP contribution in [0, 0.1) is 24.2 Å². The number of fused-ring (bicyclic) bond motifs is 3. The summed E-state index contributed by atoms with van der Waals surface area (Å²) >= 11 is 0. The van der Waals surface area contributed by atoms with Crippen molar-refractivity contribution in [3.63, 3.8) is 0 Å². The first-order valence-electron chi connectivity index (χ1n) is 15.6. The van der Waals surface area contributed by atoms with Crippen molar-refractivity contribution in [3.05, 3.63) is 64.3 Å². The van der Waals surface area contributed by atoms with Crippen molar-refractivity contribution >= 4 is 40.2 Å². The standard InChI is InChI=1S/C34H42N4O7/c1-20-14-22-16-33(3,18-34(44,15-20)17-22)19-38-13-7-9-25(32(38)43)37-29(40)24(11-12-26(39)30(41)35-4)36-31(42)28-21(2)23-8-5-6-10-27(23)45-28/h5-10,13,20,22,24,44H,11-12,14-19H2,1-4H3,(H,35,41)(H,36,42)(H,37,40)/t20?,22?,24-,33?,34?/m0/s1. The molecule has 45 heavy (non-hydrogen) atoms. The van der Waals surface area contributed by atoms with Gasteiger partial charge in [-0.05, 0) is 80.9 Å². The van der Waals surface area contributed by atoms with E-state index in [0.29, 0.717) is 35.9 Å². The van der Waals surface area contributed by atoms with Crippen LogP contribution in [0.5, 0.6) is 0 Å². The normalized spacial score (nSPS) is 24.9. The quantitative estimate of drug-likeness (QED) is 0.252. The second-order valence-corrected chi connectivity index (χ2v) is 13.5. The van der Waals surface area contributed by atoms with Crippen molar-refractivity contribution in [3.8, 4) is 0 Å². The summed E-state index contributed by atoms with van der Waals surface area (Å²) in [5.41, 5.74) is -0.327. The third-order valence-corrected chi connectivity index (χ3v) is 9.31. The van der Waals surface area contributed by atoms with Crippen LogP contribution in [-0.2, 0) is 20.9 Å². The summed E-state index contributed by atoms with van der Waals surface area (Å²) in [6, 6.07) is 9.05. The van der Waals surface area contributed by atoms with E-state index >= 15 is 0 Å². The van der Waals surface area contributed by atoms with Gasteiger partial charge in [-0.15, -0.1) is 0 Å². The summed E-state index contributed by atoms with van der Waals surface area (Å²) < 4.78 is 7.31. The smallest absolute Gasteiger partial charge is 0.287 e. The number of likely N-dealkylation sites (N-methyl/N-ethyl adjacent to an activating group) is 1. The van der Waals surface area contributed by atoms with Crippen LogP contribution in [0.2, 0.25) is 0 Å². The zero-order valence-electron chi connectivity index (χ0n) is 26.3. The third-order valence-electron chi connectivity index (χ3n) is 9.31. The summed E-state index contributed by atoms with van der Waals surface area (Å²) in [7, 11) is 1.33. The highest BCUT2D eigenvalue weighted by atomic mass is 16.3. The number of aryl methyl sites for hydroxylation is 1. The zero-order chi connectivity index (χ0) is 32.5. The van der Waals surface area contributed by atoms with Gasteiger partial charge in [0.1, 0.15) is 17.3 Å². The molecule has 0 spiro atoms. The molecule has 5 rings (SSSR count). The lowest BCUT2D eigenvalue weighted by Crippen LogP contribution is -2.50. The molecule has 2 saturated carbocycles. The molecule has 2 aliphatic carbocycles. The van der Waals surface area contributed by atoms with Gasteiger partial charge in [-0.1, -0.05) is 32.0 Å². The Morgan fingerprint density at radius 3 is 2.58 bits per heavy atom. The van der Waals surface area contributed by atoms with E-state index in [9.17, 15) is 29.1 Å². The van der Waals surface area contributed by atoms with E-state index in [4.69, 9.17) is 4.42 Å². The predicted octanol–water partition coefficient (Wildman–Crippen LogP) is 3.70. The molecule has 0 radical (unpaired) electrons. The first kappa shape index (κ1) is 32.2. The molecule has 2 aliphatic rings. The number of rotatable bonds is 10. The Morgan fingerprint density at radius 1 is 1.11 bits per heavy atom. The maximum absolute atomic E-state index is 13.6. The monoisotopic (exact) mass is 618 g/mol.